The van der Waals surface area contributed by atoms with E-state index in [1.54, 1.807) is 0 Å². The Morgan fingerprint density at radius 2 is 1.94 bits per heavy atom. The van der Waals surface area contributed by atoms with E-state index in [0.717, 1.165) is 6.54 Å². The molecular formula is C10H22N2O3S. The molecular weight excluding hydrogens is 228 g/mol. The molecule has 0 spiro atoms. The maximum Gasteiger partial charge on any atom is 0.215 e. The van der Waals surface area contributed by atoms with Gasteiger partial charge in [-0.05, 0) is 12.5 Å². The van der Waals surface area contributed by atoms with Gasteiger partial charge in [-0.2, -0.15) is 4.31 Å². The highest BCUT2D eigenvalue weighted by Gasteiger charge is 2.23. The first-order valence-corrected chi connectivity index (χ1v) is 7.39. The summed E-state index contributed by atoms with van der Waals surface area (Å²) < 4.78 is 30.4. The molecule has 0 radical (unpaired) electrons. The number of hydrogen-bond donors (Lipinski definition) is 1. The molecule has 0 aromatic heterocycles. The summed E-state index contributed by atoms with van der Waals surface area (Å²) in [4.78, 5) is 0. The lowest BCUT2D eigenvalue weighted by molar-refractivity contribution is 0.0730. The molecule has 1 saturated heterocycles. The van der Waals surface area contributed by atoms with Crippen molar-refractivity contribution in [1.82, 2.24) is 9.62 Å². The molecule has 16 heavy (non-hydrogen) atoms. The van der Waals surface area contributed by atoms with E-state index < -0.39 is 10.0 Å². The number of nitrogens with zero attached hydrogens (tertiary/aromatic N) is 1. The molecule has 96 valence electrons. The van der Waals surface area contributed by atoms with Crippen LogP contribution in [0.25, 0.3) is 0 Å². The van der Waals surface area contributed by atoms with Crippen molar-refractivity contribution >= 4 is 10.0 Å². The summed E-state index contributed by atoms with van der Waals surface area (Å²) in [6, 6.07) is 0. The first kappa shape index (κ1) is 13.9. The Hall–Kier alpha value is -0.170. The van der Waals surface area contributed by atoms with Crippen molar-refractivity contribution in [2.24, 2.45) is 5.92 Å². The van der Waals surface area contributed by atoms with E-state index in [1.165, 1.54) is 4.31 Å². The van der Waals surface area contributed by atoms with E-state index in [-0.39, 0.29) is 5.75 Å². The van der Waals surface area contributed by atoms with Gasteiger partial charge in [-0.15, -0.1) is 0 Å². The first-order valence-electron chi connectivity index (χ1n) is 5.78. The SMILES string of the molecule is CC(C)CNCCS(=O)(=O)N1CCOCC1. The van der Waals surface area contributed by atoms with Gasteiger partial charge in [-0.3, -0.25) is 0 Å². The van der Waals surface area contributed by atoms with Gasteiger partial charge in [0.05, 0.1) is 19.0 Å². The molecule has 0 aromatic rings. The van der Waals surface area contributed by atoms with Crippen LogP contribution in [0.2, 0.25) is 0 Å². The summed E-state index contributed by atoms with van der Waals surface area (Å²) >= 11 is 0. The monoisotopic (exact) mass is 250 g/mol. The number of hydrogen-bond acceptors (Lipinski definition) is 4. The summed E-state index contributed by atoms with van der Waals surface area (Å²) in [6.45, 7) is 7.60. The third-order valence-electron chi connectivity index (χ3n) is 2.45. The van der Waals surface area contributed by atoms with Crippen molar-refractivity contribution in [3.63, 3.8) is 0 Å². The highest BCUT2D eigenvalue weighted by Crippen LogP contribution is 2.04. The number of morpholine rings is 1. The molecule has 0 amide bonds. The minimum atomic E-state index is -3.09. The normalized spacial score (nSPS) is 19.2. The van der Waals surface area contributed by atoms with E-state index in [2.05, 4.69) is 19.2 Å². The van der Waals surface area contributed by atoms with Gasteiger partial charge >= 0.3 is 0 Å². The topological polar surface area (TPSA) is 58.6 Å². The van der Waals surface area contributed by atoms with Crippen molar-refractivity contribution in [1.29, 1.82) is 0 Å². The Morgan fingerprint density at radius 1 is 1.31 bits per heavy atom. The maximum absolute atomic E-state index is 11.9. The number of sulfonamides is 1. The van der Waals surface area contributed by atoms with Gasteiger partial charge in [0.25, 0.3) is 0 Å². The van der Waals surface area contributed by atoms with Crippen molar-refractivity contribution in [3.8, 4) is 0 Å². The second-order valence-corrected chi connectivity index (χ2v) is 6.51. The highest BCUT2D eigenvalue weighted by molar-refractivity contribution is 7.89. The lowest BCUT2D eigenvalue weighted by Crippen LogP contribution is -2.43. The third kappa shape index (κ3) is 4.78. The van der Waals surface area contributed by atoms with E-state index in [9.17, 15) is 8.42 Å². The van der Waals surface area contributed by atoms with Gasteiger partial charge in [0.1, 0.15) is 0 Å². The fourth-order valence-electron chi connectivity index (χ4n) is 1.55. The van der Waals surface area contributed by atoms with E-state index >= 15 is 0 Å². The van der Waals surface area contributed by atoms with Crippen molar-refractivity contribution < 1.29 is 13.2 Å². The Labute approximate surface area is 98.2 Å². The van der Waals surface area contributed by atoms with Gasteiger partial charge in [-0.25, -0.2) is 8.42 Å². The van der Waals surface area contributed by atoms with Crippen LogP contribution in [0.3, 0.4) is 0 Å². The molecule has 1 aliphatic heterocycles. The molecule has 5 nitrogen and oxygen atoms in total. The Bertz CT molecular complexity index is 284. The highest BCUT2D eigenvalue weighted by atomic mass is 32.2. The maximum atomic E-state index is 11.9. The Kier molecular flexibility index (Phi) is 5.68. The summed E-state index contributed by atoms with van der Waals surface area (Å²) in [5, 5.41) is 3.14. The number of rotatable bonds is 6. The fraction of sp³-hybridized carbons (Fsp3) is 1.00. The zero-order valence-electron chi connectivity index (χ0n) is 10.1. The van der Waals surface area contributed by atoms with Crippen LogP contribution in [0.5, 0.6) is 0 Å². The van der Waals surface area contributed by atoms with Crippen LogP contribution in [0.15, 0.2) is 0 Å². The van der Waals surface area contributed by atoms with Gasteiger partial charge in [0.15, 0.2) is 0 Å². The van der Waals surface area contributed by atoms with Gasteiger partial charge in [0.2, 0.25) is 10.0 Å². The van der Waals surface area contributed by atoms with Crippen LogP contribution < -0.4 is 5.32 Å². The smallest absolute Gasteiger partial charge is 0.215 e. The molecule has 0 bridgehead atoms. The zero-order chi connectivity index (χ0) is 12.0. The Morgan fingerprint density at radius 3 is 2.50 bits per heavy atom. The summed E-state index contributed by atoms with van der Waals surface area (Å²) in [5.41, 5.74) is 0. The second-order valence-electron chi connectivity index (χ2n) is 4.43. The molecule has 1 heterocycles. The molecule has 1 N–H and O–H groups in total. The van der Waals surface area contributed by atoms with Crippen LogP contribution >= 0.6 is 0 Å². The molecule has 0 unspecified atom stereocenters. The van der Waals surface area contributed by atoms with Crippen LogP contribution in [0.1, 0.15) is 13.8 Å². The molecule has 1 aliphatic rings. The predicted molar refractivity (Wildman–Crippen MR) is 63.9 cm³/mol. The molecule has 0 saturated carbocycles. The summed E-state index contributed by atoms with van der Waals surface area (Å²) in [5.74, 6) is 0.728. The molecule has 6 heteroatoms. The van der Waals surface area contributed by atoms with Gasteiger partial charge < -0.3 is 10.1 Å². The van der Waals surface area contributed by atoms with Gasteiger partial charge in [-0.1, -0.05) is 13.8 Å². The molecule has 1 fully saturated rings. The van der Waals surface area contributed by atoms with Crippen LogP contribution in [-0.2, 0) is 14.8 Å². The average Bonchev–Trinajstić information content (AvgIpc) is 2.26. The average molecular weight is 250 g/mol. The van der Waals surface area contributed by atoms with E-state index in [4.69, 9.17) is 4.74 Å². The third-order valence-corrected chi connectivity index (χ3v) is 4.32. The quantitative estimate of drug-likeness (QED) is 0.669. The summed E-state index contributed by atoms with van der Waals surface area (Å²) in [7, 11) is -3.09. The molecule has 1 rings (SSSR count). The standard InChI is InChI=1S/C10H22N2O3S/c1-10(2)9-11-3-8-16(13,14)12-4-6-15-7-5-12/h10-11H,3-9H2,1-2H3. The van der Waals surface area contributed by atoms with Crippen molar-refractivity contribution in [3.05, 3.63) is 0 Å². The van der Waals surface area contributed by atoms with E-state index in [0.29, 0.717) is 38.8 Å². The summed E-state index contributed by atoms with van der Waals surface area (Å²) in [6.07, 6.45) is 0. The minimum Gasteiger partial charge on any atom is -0.379 e. The largest absolute Gasteiger partial charge is 0.379 e. The number of ether oxygens (including phenoxy) is 1. The van der Waals surface area contributed by atoms with E-state index in [1.807, 2.05) is 0 Å². The first-order chi connectivity index (χ1) is 7.52. The number of nitrogens with one attached hydrogen (secondary N) is 1. The molecule has 0 atom stereocenters. The van der Waals surface area contributed by atoms with Crippen molar-refractivity contribution in [2.45, 2.75) is 13.8 Å². The van der Waals surface area contributed by atoms with Crippen LogP contribution in [0, 0.1) is 5.92 Å². The second kappa shape index (κ2) is 6.54. The van der Waals surface area contributed by atoms with Crippen LogP contribution in [-0.4, -0.2) is 57.9 Å². The van der Waals surface area contributed by atoms with Crippen molar-refractivity contribution in [2.75, 3.05) is 45.1 Å². The zero-order valence-corrected chi connectivity index (χ0v) is 10.9. The van der Waals surface area contributed by atoms with Crippen LogP contribution in [0.4, 0.5) is 0 Å². The minimum absolute atomic E-state index is 0.180. The lowest BCUT2D eigenvalue weighted by Gasteiger charge is -2.26. The Balaban J connectivity index is 2.27. The molecule has 0 aliphatic carbocycles. The lowest BCUT2D eigenvalue weighted by atomic mass is 10.2. The fourth-order valence-corrected chi connectivity index (χ4v) is 2.91. The predicted octanol–water partition coefficient (Wildman–Crippen LogP) is -0.106. The molecule has 0 aromatic carbocycles. The van der Waals surface area contributed by atoms with Gasteiger partial charge in [0, 0.05) is 19.6 Å².